The van der Waals surface area contributed by atoms with Gasteiger partial charge in [0.2, 0.25) is 0 Å². The quantitative estimate of drug-likeness (QED) is 0.684. The van der Waals surface area contributed by atoms with Crippen LogP contribution in [0, 0.1) is 0 Å². The van der Waals surface area contributed by atoms with Crippen LogP contribution in [0.15, 0.2) is 42.8 Å². The molecule has 1 aromatic carbocycles. The molecular formula is C11H16N2O. The van der Waals surface area contributed by atoms with Gasteiger partial charge in [0.25, 0.3) is 0 Å². The Morgan fingerprint density at radius 2 is 2.00 bits per heavy atom. The molecule has 1 atom stereocenters. The van der Waals surface area contributed by atoms with Crippen LogP contribution in [0.5, 0.6) is 0 Å². The number of rotatable bonds is 5. The Balaban J connectivity index is 2.34. The number of ether oxygens (including phenoxy) is 1. The average molecular weight is 192 g/mol. The van der Waals surface area contributed by atoms with Gasteiger partial charge in [-0.15, -0.1) is 0 Å². The summed E-state index contributed by atoms with van der Waals surface area (Å²) in [6.45, 7) is 3.84. The highest BCUT2D eigenvalue weighted by Gasteiger charge is 2.04. The summed E-state index contributed by atoms with van der Waals surface area (Å²) in [6, 6.07) is 9.99. The fourth-order valence-corrected chi connectivity index (χ4v) is 1.19. The van der Waals surface area contributed by atoms with Gasteiger partial charge in [-0.25, -0.2) is 0 Å². The third-order valence-corrected chi connectivity index (χ3v) is 1.82. The van der Waals surface area contributed by atoms with Crippen molar-refractivity contribution in [3.05, 3.63) is 48.4 Å². The molecule has 3 nitrogen and oxygen atoms in total. The van der Waals surface area contributed by atoms with Crippen molar-refractivity contribution < 1.29 is 4.74 Å². The molecule has 14 heavy (non-hydrogen) atoms. The Morgan fingerprint density at radius 1 is 1.36 bits per heavy atom. The van der Waals surface area contributed by atoms with Crippen LogP contribution in [0.25, 0.3) is 0 Å². The molecule has 1 aromatic rings. The van der Waals surface area contributed by atoms with Crippen LogP contribution in [-0.2, 0) is 11.2 Å². The summed E-state index contributed by atoms with van der Waals surface area (Å²) < 4.78 is 5.03. The normalized spacial score (nSPS) is 12.1. The molecule has 0 saturated heterocycles. The lowest BCUT2D eigenvalue weighted by molar-refractivity contribution is 0.191. The van der Waals surface area contributed by atoms with Crippen LogP contribution in [0.2, 0.25) is 0 Å². The van der Waals surface area contributed by atoms with E-state index in [1.54, 1.807) is 0 Å². The molecule has 0 aliphatic rings. The molecule has 76 valence electrons. The molecular weight excluding hydrogens is 176 g/mol. The van der Waals surface area contributed by atoms with Gasteiger partial charge in [0.15, 0.2) is 5.88 Å². The largest absolute Gasteiger partial charge is 0.478 e. The van der Waals surface area contributed by atoms with Crippen LogP contribution in [0.4, 0.5) is 0 Å². The highest BCUT2D eigenvalue weighted by atomic mass is 16.5. The van der Waals surface area contributed by atoms with Crippen molar-refractivity contribution in [1.29, 1.82) is 0 Å². The molecule has 0 unspecified atom stereocenters. The average Bonchev–Trinajstić information content (AvgIpc) is 2.16. The molecule has 0 fully saturated rings. The summed E-state index contributed by atoms with van der Waals surface area (Å²) in [7, 11) is 0. The zero-order valence-corrected chi connectivity index (χ0v) is 8.15. The molecule has 0 radical (unpaired) electrons. The monoisotopic (exact) mass is 192 g/mol. The van der Waals surface area contributed by atoms with Gasteiger partial charge >= 0.3 is 0 Å². The SMILES string of the molecule is C=C(N)OC[C@H](N)Cc1ccccc1. The van der Waals surface area contributed by atoms with Crippen molar-refractivity contribution >= 4 is 0 Å². The fraction of sp³-hybridized carbons (Fsp3) is 0.273. The molecule has 0 aliphatic carbocycles. The lowest BCUT2D eigenvalue weighted by Gasteiger charge is -2.12. The van der Waals surface area contributed by atoms with Crippen molar-refractivity contribution in [2.75, 3.05) is 6.61 Å². The van der Waals surface area contributed by atoms with E-state index >= 15 is 0 Å². The number of hydrogen-bond acceptors (Lipinski definition) is 3. The molecule has 0 bridgehead atoms. The minimum atomic E-state index is -0.0438. The van der Waals surface area contributed by atoms with E-state index in [9.17, 15) is 0 Å². The first-order valence-electron chi connectivity index (χ1n) is 4.55. The van der Waals surface area contributed by atoms with E-state index < -0.39 is 0 Å². The number of nitrogens with two attached hydrogens (primary N) is 2. The van der Waals surface area contributed by atoms with Gasteiger partial charge < -0.3 is 16.2 Å². The Hall–Kier alpha value is -1.48. The van der Waals surface area contributed by atoms with Gasteiger partial charge in [-0.2, -0.15) is 0 Å². The second kappa shape index (κ2) is 5.29. The topological polar surface area (TPSA) is 61.3 Å². The first kappa shape index (κ1) is 10.6. The van der Waals surface area contributed by atoms with Crippen molar-refractivity contribution in [2.45, 2.75) is 12.5 Å². The fourth-order valence-electron chi connectivity index (χ4n) is 1.19. The standard InChI is InChI=1S/C11H16N2O/c1-9(12)14-8-11(13)7-10-5-3-2-4-6-10/h2-6,11H,1,7-8,12-13H2/t11-/m1/s1. The summed E-state index contributed by atoms with van der Waals surface area (Å²) in [5, 5.41) is 0. The van der Waals surface area contributed by atoms with E-state index in [1.165, 1.54) is 5.56 Å². The van der Waals surface area contributed by atoms with Gasteiger partial charge in [0, 0.05) is 6.04 Å². The molecule has 4 N–H and O–H groups in total. The highest BCUT2D eigenvalue weighted by Crippen LogP contribution is 2.02. The van der Waals surface area contributed by atoms with Gasteiger partial charge in [0.1, 0.15) is 6.61 Å². The Bertz CT molecular complexity index is 285. The van der Waals surface area contributed by atoms with Crippen molar-refractivity contribution in [1.82, 2.24) is 0 Å². The Kier molecular flexibility index (Phi) is 4.01. The first-order chi connectivity index (χ1) is 6.68. The maximum absolute atomic E-state index is 5.83. The zero-order valence-electron chi connectivity index (χ0n) is 8.15. The number of benzene rings is 1. The molecule has 0 aliphatic heterocycles. The van der Waals surface area contributed by atoms with E-state index in [0.29, 0.717) is 6.61 Å². The lowest BCUT2D eigenvalue weighted by atomic mass is 10.1. The van der Waals surface area contributed by atoms with Crippen LogP contribution in [0.1, 0.15) is 5.56 Å². The second-order valence-electron chi connectivity index (χ2n) is 3.23. The summed E-state index contributed by atoms with van der Waals surface area (Å²) in [5.41, 5.74) is 12.3. The smallest absolute Gasteiger partial charge is 0.176 e. The summed E-state index contributed by atoms with van der Waals surface area (Å²) >= 11 is 0. The minimum Gasteiger partial charge on any atom is -0.478 e. The molecule has 3 heteroatoms. The van der Waals surface area contributed by atoms with Crippen LogP contribution in [0.3, 0.4) is 0 Å². The summed E-state index contributed by atoms with van der Waals surface area (Å²) in [4.78, 5) is 0. The van der Waals surface area contributed by atoms with Gasteiger partial charge in [-0.1, -0.05) is 30.3 Å². The molecule has 0 spiro atoms. The first-order valence-corrected chi connectivity index (χ1v) is 4.55. The van der Waals surface area contributed by atoms with Gasteiger partial charge in [-0.05, 0) is 18.6 Å². The second-order valence-corrected chi connectivity index (χ2v) is 3.23. The van der Waals surface area contributed by atoms with Crippen molar-refractivity contribution in [3.8, 4) is 0 Å². The van der Waals surface area contributed by atoms with E-state index in [2.05, 4.69) is 6.58 Å². The van der Waals surface area contributed by atoms with E-state index in [4.69, 9.17) is 16.2 Å². The van der Waals surface area contributed by atoms with E-state index in [-0.39, 0.29) is 11.9 Å². The van der Waals surface area contributed by atoms with Gasteiger partial charge in [-0.3, -0.25) is 0 Å². The molecule has 0 heterocycles. The Morgan fingerprint density at radius 3 is 2.57 bits per heavy atom. The molecule has 0 aromatic heterocycles. The third-order valence-electron chi connectivity index (χ3n) is 1.82. The van der Waals surface area contributed by atoms with Crippen LogP contribution < -0.4 is 11.5 Å². The lowest BCUT2D eigenvalue weighted by Crippen LogP contribution is -2.29. The minimum absolute atomic E-state index is 0.0438. The van der Waals surface area contributed by atoms with Crippen molar-refractivity contribution in [3.63, 3.8) is 0 Å². The van der Waals surface area contributed by atoms with E-state index in [0.717, 1.165) is 6.42 Å². The third kappa shape index (κ3) is 3.96. The van der Waals surface area contributed by atoms with Crippen molar-refractivity contribution in [2.24, 2.45) is 11.5 Å². The predicted octanol–water partition coefficient (Wildman–Crippen LogP) is 1.00. The maximum Gasteiger partial charge on any atom is 0.176 e. The molecule has 1 rings (SSSR count). The molecule has 0 saturated carbocycles. The maximum atomic E-state index is 5.83. The predicted molar refractivity (Wildman–Crippen MR) is 57.4 cm³/mol. The van der Waals surface area contributed by atoms with Gasteiger partial charge in [0.05, 0.1) is 0 Å². The van der Waals surface area contributed by atoms with E-state index in [1.807, 2.05) is 30.3 Å². The summed E-state index contributed by atoms with van der Waals surface area (Å²) in [5.74, 6) is 0.216. The highest BCUT2D eigenvalue weighted by molar-refractivity contribution is 5.15. The number of hydrogen-bond donors (Lipinski definition) is 2. The summed E-state index contributed by atoms with van der Waals surface area (Å²) in [6.07, 6.45) is 0.786. The Labute approximate surface area is 84.4 Å². The van der Waals surface area contributed by atoms with Crippen LogP contribution in [-0.4, -0.2) is 12.6 Å². The zero-order chi connectivity index (χ0) is 10.4. The molecule has 0 amide bonds. The van der Waals surface area contributed by atoms with Crippen LogP contribution >= 0.6 is 0 Å².